The minimum absolute atomic E-state index is 0.655. The van der Waals surface area contributed by atoms with Crippen LogP contribution in [-0.4, -0.2) is 12.5 Å². The third-order valence-corrected chi connectivity index (χ3v) is 1.63. The fourth-order valence-corrected chi connectivity index (χ4v) is 1.28. The fraction of sp³-hybridized carbons (Fsp3) is 0.250. The van der Waals surface area contributed by atoms with Gasteiger partial charge in [0.1, 0.15) is 12.5 Å². The van der Waals surface area contributed by atoms with Crippen molar-refractivity contribution in [2.75, 3.05) is 12.5 Å². The first-order valence-electron chi connectivity index (χ1n) is 4.28. The van der Waals surface area contributed by atoms with Gasteiger partial charge in [-0.3, -0.25) is 4.18 Å². The van der Waals surface area contributed by atoms with E-state index in [1.807, 2.05) is 18.2 Å². The zero-order valence-corrected chi connectivity index (χ0v) is 11.0. The number of benzene rings is 1. The maximum atomic E-state index is 11.1. The monoisotopic (exact) mass is 316 g/mol. The van der Waals surface area contributed by atoms with Gasteiger partial charge in [0, 0.05) is 0 Å². The predicted molar refractivity (Wildman–Crippen MR) is 60.5 cm³/mol. The van der Waals surface area contributed by atoms with E-state index in [0.717, 1.165) is 0 Å². The molecule has 108 valence electrons. The summed E-state index contributed by atoms with van der Waals surface area (Å²) in [5.41, 5.74) is 0. The Kier molecular flexibility index (Phi) is 4.18. The van der Waals surface area contributed by atoms with Crippen LogP contribution >= 0.6 is 7.81 Å². The van der Waals surface area contributed by atoms with Crippen LogP contribution in [0.3, 0.4) is 0 Å². The third-order valence-electron chi connectivity index (χ3n) is 1.04. The Labute approximate surface area is 101 Å². The Morgan fingerprint density at radius 1 is 0.944 bits per heavy atom. The van der Waals surface area contributed by atoms with E-state index < -0.39 is 18.0 Å². The Morgan fingerprint density at radius 2 is 1.28 bits per heavy atom. The molecule has 0 aliphatic rings. The molecule has 0 radical (unpaired) electrons. The second-order valence-corrected chi connectivity index (χ2v) is 7.87. The van der Waals surface area contributed by atoms with Gasteiger partial charge < -0.3 is 0 Å². The van der Waals surface area contributed by atoms with E-state index in [4.69, 9.17) is 4.18 Å². The standard InChI is InChI=1S/C8H11O2S.F6P/c1-11(2,9)10-8-6-4-3-5-7-8;1-7(2,3,4,5)6/h3-7H,1-2H3;/q+1;-1. The fourth-order valence-electron chi connectivity index (χ4n) is 0.708. The molecular weight excluding hydrogens is 305 g/mol. The summed E-state index contributed by atoms with van der Waals surface area (Å²) in [5, 5.41) is 0. The van der Waals surface area contributed by atoms with Gasteiger partial charge >= 0.3 is 33.0 Å². The van der Waals surface area contributed by atoms with Crippen molar-refractivity contribution < 1.29 is 33.6 Å². The van der Waals surface area contributed by atoms with Gasteiger partial charge in [-0.15, -0.1) is 0 Å². The van der Waals surface area contributed by atoms with Crippen LogP contribution in [0.1, 0.15) is 0 Å². The average Bonchev–Trinajstić information content (AvgIpc) is 1.96. The number of para-hydroxylation sites is 1. The minimum atomic E-state index is -10.7. The van der Waals surface area contributed by atoms with Crippen LogP contribution in [-0.2, 0) is 14.4 Å². The van der Waals surface area contributed by atoms with Crippen molar-refractivity contribution in [2.24, 2.45) is 0 Å². The topological polar surface area (TPSA) is 26.3 Å². The van der Waals surface area contributed by atoms with Gasteiger partial charge in [-0.1, -0.05) is 22.4 Å². The van der Waals surface area contributed by atoms with E-state index in [-0.39, 0.29) is 0 Å². The number of hydrogen-bond acceptors (Lipinski definition) is 2. The molecule has 0 amide bonds. The van der Waals surface area contributed by atoms with Gasteiger partial charge in [0.05, 0.1) is 0 Å². The normalized spacial score (nSPS) is 15.8. The van der Waals surface area contributed by atoms with E-state index in [2.05, 4.69) is 0 Å². The summed E-state index contributed by atoms with van der Waals surface area (Å²) in [4.78, 5) is 0. The van der Waals surface area contributed by atoms with E-state index >= 15 is 0 Å². The molecule has 2 nitrogen and oxygen atoms in total. The van der Waals surface area contributed by atoms with Gasteiger partial charge in [0.2, 0.25) is 0 Å². The van der Waals surface area contributed by atoms with Crippen LogP contribution in [0.25, 0.3) is 0 Å². The second-order valence-electron chi connectivity index (χ2n) is 3.50. The molecule has 10 heteroatoms. The van der Waals surface area contributed by atoms with Crippen molar-refractivity contribution in [3.05, 3.63) is 30.3 Å². The molecule has 0 aliphatic carbocycles. The first-order chi connectivity index (χ1) is 7.53. The van der Waals surface area contributed by atoms with Crippen molar-refractivity contribution in [2.45, 2.75) is 0 Å². The van der Waals surface area contributed by atoms with Crippen LogP contribution in [0.5, 0.6) is 5.75 Å². The quantitative estimate of drug-likeness (QED) is 0.430. The maximum absolute atomic E-state index is 11.1. The van der Waals surface area contributed by atoms with Gasteiger partial charge in [0.25, 0.3) is 10.2 Å². The van der Waals surface area contributed by atoms with Gasteiger partial charge in [-0.25, -0.2) is 0 Å². The SMILES string of the molecule is C[S+](C)(=O)Oc1ccccc1.F[P-](F)(F)(F)(F)F. The molecule has 1 aromatic carbocycles. The van der Waals surface area contributed by atoms with E-state index in [1.54, 1.807) is 24.6 Å². The van der Waals surface area contributed by atoms with Gasteiger partial charge in [-0.05, 0) is 12.1 Å². The molecule has 18 heavy (non-hydrogen) atoms. The summed E-state index contributed by atoms with van der Waals surface area (Å²) in [7, 11) is -12.8. The molecule has 0 saturated heterocycles. The Hall–Kier alpha value is -0.820. The average molecular weight is 316 g/mol. The summed E-state index contributed by atoms with van der Waals surface area (Å²) in [5.74, 6) is 0.655. The second kappa shape index (κ2) is 4.38. The summed E-state index contributed by atoms with van der Waals surface area (Å²) in [6.45, 7) is 0. The molecule has 0 N–H and O–H groups in total. The Bertz CT molecular complexity index is 425. The summed E-state index contributed by atoms with van der Waals surface area (Å²) in [6, 6.07) is 9.15. The molecular formula is C8H11F6O2PS. The Balaban J connectivity index is 0.000000360. The van der Waals surface area contributed by atoms with E-state index in [0.29, 0.717) is 5.75 Å². The van der Waals surface area contributed by atoms with E-state index in [9.17, 15) is 29.4 Å². The van der Waals surface area contributed by atoms with Crippen LogP contribution in [0.15, 0.2) is 30.3 Å². The number of rotatable bonds is 2. The van der Waals surface area contributed by atoms with Gasteiger partial charge in [0.15, 0.2) is 5.75 Å². The molecule has 0 saturated carbocycles. The van der Waals surface area contributed by atoms with Gasteiger partial charge in [-0.2, -0.15) is 0 Å². The number of hydrogen-bond donors (Lipinski definition) is 0. The molecule has 0 aliphatic heterocycles. The van der Waals surface area contributed by atoms with Crippen molar-refractivity contribution >= 4 is 18.0 Å². The van der Waals surface area contributed by atoms with Crippen LogP contribution in [0.2, 0.25) is 0 Å². The van der Waals surface area contributed by atoms with E-state index in [1.165, 1.54) is 0 Å². The third kappa shape index (κ3) is 20.6. The molecule has 0 fully saturated rings. The van der Waals surface area contributed by atoms with Crippen molar-refractivity contribution in [1.82, 2.24) is 0 Å². The molecule has 0 atom stereocenters. The Morgan fingerprint density at radius 3 is 1.56 bits per heavy atom. The molecule has 0 heterocycles. The van der Waals surface area contributed by atoms with Crippen molar-refractivity contribution in [3.63, 3.8) is 0 Å². The van der Waals surface area contributed by atoms with Crippen LogP contribution in [0, 0.1) is 0 Å². The number of halogens is 6. The zero-order chi connectivity index (χ0) is 14.7. The van der Waals surface area contributed by atoms with Crippen molar-refractivity contribution in [1.29, 1.82) is 0 Å². The first-order valence-corrected chi connectivity index (χ1v) is 8.61. The molecule has 1 rings (SSSR count). The van der Waals surface area contributed by atoms with Crippen LogP contribution < -0.4 is 4.18 Å². The zero-order valence-electron chi connectivity index (χ0n) is 9.33. The molecule has 1 aromatic rings. The molecule has 0 spiro atoms. The summed E-state index contributed by atoms with van der Waals surface area (Å²) < 4.78 is 75.5. The molecule has 0 aromatic heterocycles. The molecule has 0 unspecified atom stereocenters. The van der Waals surface area contributed by atoms with Crippen LogP contribution in [0.4, 0.5) is 25.2 Å². The summed E-state index contributed by atoms with van der Waals surface area (Å²) >= 11 is 0. The summed E-state index contributed by atoms with van der Waals surface area (Å²) in [6.07, 6.45) is 3.14. The first kappa shape index (κ1) is 17.2. The predicted octanol–water partition coefficient (Wildman–Crippen LogP) is 5.12. The molecule has 0 bridgehead atoms. The van der Waals surface area contributed by atoms with Crippen molar-refractivity contribution in [3.8, 4) is 5.75 Å².